The molecule has 1 saturated heterocycles. The fraction of sp³-hybridized carbons (Fsp3) is 0.846. The van der Waals surface area contributed by atoms with Crippen molar-refractivity contribution in [1.29, 1.82) is 0 Å². The van der Waals surface area contributed by atoms with E-state index in [1.165, 1.54) is 6.33 Å². The topological polar surface area (TPSA) is 64.8 Å². The van der Waals surface area contributed by atoms with Crippen LogP contribution in [0.25, 0.3) is 0 Å². The van der Waals surface area contributed by atoms with Crippen LogP contribution in [0.15, 0.2) is 6.33 Å². The number of rotatable bonds is 7. The SMILES string of the molecule is CCCn1ncnc1CC(CCl)(CCl)C1CCS(=O)(=O)C1. The molecule has 1 aliphatic heterocycles. The number of sulfone groups is 1. The van der Waals surface area contributed by atoms with Crippen LogP contribution in [0.4, 0.5) is 0 Å². The van der Waals surface area contributed by atoms with Crippen LogP contribution in [0.5, 0.6) is 0 Å². The van der Waals surface area contributed by atoms with Crippen LogP contribution in [-0.2, 0) is 22.8 Å². The Balaban J connectivity index is 2.24. The van der Waals surface area contributed by atoms with Crippen molar-refractivity contribution < 1.29 is 8.42 Å². The van der Waals surface area contributed by atoms with E-state index in [2.05, 4.69) is 17.0 Å². The van der Waals surface area contributed by atoms with Crippen LogP contribution in [0, 0.1) is 11.3 Å². The van der Waals surface area contributed by atoms with Gasteiger partial charge in [-0.25, -0.2) is 13.4 Å². The minimum absolute atomic E-state index is 0.00993. The Morgan fingerprint density at radius 2 is 2.14 bits per heavy atom. The van der Waals surface area contributed by atoms with E-state index in [0.717, 1.165) is 18.8 Å². The first kappa shape index (κ1) is 17.0. The molecule has 2 heterocycles. The Morgan fingerprint density at radius 1 is 1.43 bits per heavy atom. The van der Waals surface area contributed by atoms with Crippen molar-refractivity contribution in [3.8, 4) is 0 Å². The van der Waals surface area contributed by atoms with Gasteiger partial charge in [0.2, 0.25) is 0 Å². The Kier molecular flexibility index (Phi) is 5.54. The second-order valence-corrected chi connectivity index (χ2v) is 8.57. The molecule has 1 atom stereocenters. The van der Waals surface area contributed by atoms with Crippen molar-refractivity contribution in [1.82, 2.24) is 14.8 Å². The summed E-state index contributed by atoms with van der Waals surface area (Å²) >= 11 is 12.4. The maximum atomic E-state index is 11.8. The first-order valence-corrected chi connectivity index (χ1v) is 10.0. The van der Waals surface area contributed by atoms with Gasteiger partial charge in [-0.2, -0.15) is 5.10 Å². The Morgan fingerprint density at radius 3 is 2.67 bits per heavy atom. The molecular weight excluding hydrogens is 333 g/mol. The van der Waals surface area contributed by atoms with Crippen LogP contribution < -0.4 is 0 Å². The van der Waals surface area contributed by atoms with Crippen molar-refractivity contribution in [2.24, 2.45) is 11.3 Å². The molecule has 0 bridgehead atoms. The summed E-state index contributed by atoms with van der Waals surface area (Å²) in [5.41, 5.74) is -0.439. The molecule has 2 rings (SSSR count). The smallest absolute Gasteiger partial charge is 0.150 e. The van der Waals surface area contributed by atoms with Crippen LogP contribution in [0.3, 0.4) is 0 Å². The maximum Gasteiger partial charge on any atom is 0.150 e. The molecule has 0 radical (unpaired) electrons. The highest BCUT2D eigenvalue weighted by Gasteiger charge is 2.44. The minimum Gasteiger partial charge on any atom is -0.250 e. The molecule has 0 N–H and O–H groups in total. The van der Waals surface area contributed by atoms with Crippen molar-refractivity contribution in [3.05, 3.63) is 12.2 Å². The van der Waals surface area contributed by atoms with Gasteiger partial charge in [0.05, 0.1) is 11.5 Å². The van der Waals surface area contributed by atoms with Gasteiger partial charge in [-0.15, -0.1) is 23.2 Å². The standard InChI is InChI=1S/C13H21Cl2N3O2S/c1-2-4-18-12(16-10-17-18)6-13(8-14,9-15)11-3-5-21(19,20)7-11/h10-11H,2-9H2,1H3. The minimum atomic E-state index is -2.96. The zero-order valence-electron chi connectivity index (χ0n) is 12.1. The summed E-state index contributed by atoms with van der Waals surface area (Å²) < 4.78 is 25.4. The summed E-state index contributed by atoms with van der Waals surface area (Å²) in [6.45, 7) is 2.87. The predicted octanol–water partition coefficient (Wildman–Crippen LogP) is 2.13. The molecule has 21 heavy (non-hydrogen) atoms. The zero-order valence-corrected chi connectivity index (χ0v) is 14.5. The zero-order chi connectivity index (χ0) is 15.5. The molecule has 1 aliphatic rings. The molecule has 5 nitrogen and oxygen atoms in total. The molecule has 120 valence electrons. The Hall–Kier alpha value is -0.330. The second-order valence-electron chi connectivity index (χ2n) is 5.81. The molecule has 0 spiro atoms. The summed E-state index contributed by atoms with van der Waals surface area (Å²) in [4.78, 5) is 4.31. The second kappa shape index (κ2) is 6.84. The molecule has 1 unspecified atom stereocenters. The average Bonchev–Trinajstić information content (AvgIpc) is 3.03. The molecule has 0 aromatic carbocycles. The summed E-state index contributed by atoms with van der Waals surface area (Å²) in [6.07, 6.45) is 3.69. The lowest BCUT2D eigenvalue weighted by atomic mass is 9.75. The number of hydrogen-bond acceptors (Lipinski definition) is 4. The van der Waals surface area contributed by atoms with Crippen LogP contribution in [0.1, 0.15) is 25.6 Å². The lowest BCUT2D eigenvalue weighted by Crippen LogP contribution is -2.38. The third kappa shape index (κ3) is 3.71. The third-order valence-electron chi connectivity index (χ3n) is 4.27. The molecular formula is C13H21Cl2N3O2S. The van der Waals surface area contributed by atoms with E-state index in [1.54, 1.807) is 0 Å². The molecule has 0 aliphatic carbocycles. The van der Waals surface area contributed by atoms with E-state index in [-0.39, 0.29) is 17.4 Å². The monoisotopic (exact) mass is 353 g/mol. The van der Waals surface area contributed by atoms with Crippen LogP contribution in [0.2, 0.25) is 0 Å². The van der Waals surface area contributed by atoms with Crippen molar-refractivity contribution in [2.45, 2.75) is 32.7 Å². The van der Waals surface area contributed by atoms with Gasteiger partial charge < -0.3 is 0 Å². The summed E-state index contributed by atoms with van der Waals surface area (Å²) in [6, 6.07) is 0. The van der Waals surface area contributed by atoms with E-state index < -0.39 is 15.3 Å². The highest BCUT2D eigenvalue weighted by molar-refractivity contribution is 7.91. The number of aryl methyl sites for hydroxylation is 1. The summed E-state index contributed by atoms with van der Waals surface area (Å²) in [5, 5.41) is 4.22. The highest BCUT2D eigenvalue weighted by Crippen LogP contribution is 2.40. The van der Waals surface area contributed by atoms with E-state index in [9.17, 15) is 8.42 Å². The third-order valence-corrected chi connectivity index (χ3v) is 7.10. The van der Waals surface area contributed by atoms with E-state index in [1.807, 2.05) is 4.68 Å². The number of hydrogen-bond donors (Lipinski definition) is 0. The van der Waals surface area contributed by atoms with E-state index in [4.69, 9.17) is 23.2 Å². The normalized spacial score (nSPS) is 21.8. The number of alkyl halides is 2. The van der Waals surface area contributed by atoms with Crippen molar-refractivity contribution >= 4 is 33.0 Å². The summed E-state index contributed by atoms with van der Waals surface area (Å²) in [5.74, 6) is 1.89. The van der Waals surface area contributed by atoms with Gasteiger partial charge in [0.25, 0.3) is 0 Å². The maximum absolute atomic E-state index is 11.8. The number of nitrogens with zero attached hydrogens (tertiary/aromatic N) is 3. The van der Waals surface area contributed by atoms with Gasteiger partial charge in [0, 0.05) is 30.1 Å². The van der Waals surface area contributed by atoms with E-state index >= 15 is 0 Å². The lowest BCUT2D eigenvalue weighted by molar-refractivity contribution is 0.236. The van der Waals surface area contributed by atoms with E-state index in [0.29, 0.717) is 24.6 Å². The first-order valence-electron chi connectivity index (χ1n) is 7.15. The molecule has 8 heteroatoms. The van der Waals surface area contributed by atoms with Gasteiger partial charge in [-0.1, -0.05) is 6.92 Å². The van der Waals surface area contributed by atoms with Gasteiger partial charge in [0.1, 0.15) is 12.2 Å². The average molecular weight is 354 g/mol. The van der Waals surface area contributed by atoms with Crippen molar-refractivity contribution in [3.63, 3.8) is 0 Å². The fourth-order valence-electron chi connectivity index (χ4n) is 2.91. The molecule has 0 amide bonds. The quantitative estimate of drug-likeness (QED) is 0.704. The Bertz CT molecular complexity index is 570. The van der Waals surface area contributed by atoms with Crippen LogP contribution in [-0.4, -0.2) is 46.4 Å². The number of halogens is 2. The lowest BCUT2D eigenvalue weighted by Gasteiger charge is -2.34. The molecule has 1 aromatic heterocycles. The highest BCUT2D eigenvalue weighted by atomic mass is 35.5. The van der Waals surface area contributed by atoms with Crippen molar-refractivity contribution in [2.75, 3.05) is 23.3 Å². The number of aromatic nitrogens is 3. The van der Waals surface area contributed by atoms with Gasteiger partial charge in [-0.3, -0.25) is 4.68 Å². The molecule has 0 saturated carbocycles. The van der Waals surface area contributed by atoms with Gasteiger partial charge >= 0.3 is 0 Å². The van der Waals surface area contributed by atoms with Gasteiger partial charge in [0.15, 0.2) is 9.84 Å². The molecule has 1 fully saturated rings. The Labute approximate surface area is 135 Å². The van der Waals surface area contributed by atoms with Gasteiger partial charge in [-0.05, 0) is 18.8 Å². The fourth-order valence-corrected chi connectivity index (χ4v) is 5.76. The first-order chi connectivity index (χ1) is 9.96. The summed E-state index contributed by atoms with van der Waals surface area (Å²) in [7, 11) is -2.96. The largest absolute Gasteiger partial charge is 0.250 e. The van der Waals surface area contributed by atoms with Crippen LogP contribution >= 0.6 is 23.2 Å². The molecule has 1 aromatic rings. The predicted molar refractivity (Wildman–Crippen MR) is 84.7 cm³/mol.